The molecule has 3 fully saturated rings. The third-order valence-corrected chi connectivity index (χ3v) is 7.16. The number of carbonyl (C=O) groups is 3. The molecule has 1 aromatic heterocycles. The molecule has 2 amide bonds. The summed E-state index contributed by atoms with van der Waals surface area (Å²) in [5.41, 5.74) is 1.24. The van der Waals surface area contributed by atoms with E-state index in [4.69, 9.17) is 9.15 Å². The molecular weight excluding hydrogens is 396 g/mol. The summed E-state index contributed by atoms with van der Waals surface area (Å²) in [4.78, 5) is 37.5. The quantitative estimate of drug-likeness (QED) is 0.331. The molecule has 1 aromatic carbocycles. The van der Waals surface area contributed by atoms with Crippen LogP contribution in [0.2, 0.25) is 0 Å². The fraction of sp³-hybridized carbons (Fsp3) is 0.333. The van der Waals surface area contributed by atoms with E-state index in [1.54, 1.807) is 36.4 Å². The Morgan fingerprint density at radius 2 is 1.68 bits per heavy atom. The van der Waals surface area contributed by atoms with Crippen LogP contribution in [0, 0.1) is 35.5 Å². The van der Waals surface area contributed by atoms with E-state index in [1.165, 1.54) is 13.3 Å². The first-order valence-electron chi connectivity index (χ1n) is 10.5. The number of carbonyl (C=O) groups excluding carboxylic acids is 3. The zero-order valence-corrected chi connectivity index (χ0v) is 16.8. The van der Waals surface area contributed by atoms with Crippen molar-refractivity contribution in [2.45, 2.75) is 6.42 Å². The fourth-order valence-electron chi connectivity index (χ4n) is 5.64. The predicted molar refractivity (Wildman–Crippen MR) is 110 cm³/mol. The molecule has 156 valence electrons. The van der Waals surface area contributed by atoms with E-state index in [-0.39, 0.29) is 35.5 Å². The number of ether oxygens (including phenoxy) is 1. The van der Waals surface area contributed by atoms with Gasteiger partial charge in [-0.3, -0.25) is 9.59 Å². The summed E-state index contributed by atoms with van der Waals surface area (Å²) in [7, 11) is 1.34. The number of hydrogen-bond donors (Lipinski definition) is 0. The van der Waals surface area contributed by atoms with Crippen LogP contribution in [0.4, 0.5) is 0 Å². The van der Waals surface area contributed by atoms with Gasteiger partial charge in [-0.1, -0.05) is 24.3 Å². The van der Waals surface area contributed by atoms with Gasteiger partial charge >= 0.3 is 5.97 Å². The summed E-state index contributed by atoms with van der Waals surface area (Å²) in [5.74, 6) is 1.21. The van der Waals surface area contributed by atoms with Gasteiger partial charge in [0.25, 0.3) is 11.8 Å². The Kier molecular flexibility index (Phi) is 3.84. The van der Waals surface area contributed by atoms with Crippen LogP contribution in [0.1, 0.15) is 22.5 Å². The summed E-state index contributed by atoms with van der Waals surface area (Å²) >= 11 is 0. The van der Waals surface area contributed by atoms with E-state index < -0.39 is 5.97 Å². The second-order valence-corrected chi connectivity index (χ2v) is 8.66. The summed E-state index contributed by atoms with van der Waals surface area (Å²) in [6, 6.07) is 10.4. The lowest BCUT2D eigenvalue weighted by molar-refractivity contribution is -0.140. The third kappa shape index (κ3) is 2.65. The number of imide groups is 1. The zero-order chi connectivity index (χ0) is 21.3. The van der Waals surface area contributed by atoms with Crippen molar-refractivity contribution in [3.63, 3.8) is 0 Å². The molecule has 0 radical (unpaired) electrons. The van der Waals surface area contributed by atoms with Gasteiger partial charge in [0.15, 0.2) is 0 Å². The smallest absolute Gasteiger partial charge is 0.337 e. The first-order chi connectivity index (χ1) is 15.1. The average Bonchev–Trinajstić information content (AvgIpc) is 3.44. The topological polar surface area (TPSA) is 89.2 Å². The van der Waals surface area contributed by atoms with Crippen molar-refractivity contribution in [1.29, 1.82) is 0 Å². The van der Waals surface area contributed by atoms with E-state index in [0.29, 0.717) is 28.9 Å². The molecule has 5 aliphatic rings. The van der Waals surface area contributed by atoms with Crippen LogP contribution in [-0.2, 0) is 14.3 Å². The molecule has 7 rings (SSSR count). The van der Waals surface area contributed by atoms with Gasteiger partial charge < -0.3 is 9.15 Å². The number of allylic oxidation sites excluding steroid dienone is 2. The van der Waals surface area contributed by atoms with Gasteiger partial charge in [-0.2, -0.15) is 10.1 Å². The average molecular weight is 416 g/mol. The molecule has 31 heavy (non-hydrogen) atoms. The van der Waals surface area contributed by atoms with Crippen LogP contribution in [0.25, 0.3) is 11.3 Å². The third-order valence-electron chi connectivity index (χ3n) is 7.16. The first-order valence-corrected chi connectivity index (χ1v) is 10.5. The summed E-state index contributed by atoms with van der Waals surface area (Å²) in [6.45, 7) is 0. The highest BCUT2D eigenvalue weighted by Crippen LogP contribution is 2.65. The maximum atomic E-state index is 13.0. The molecule has 2 saturated carbocycles. The van der Waals surface area contributed by atoms with E-state index in [2.05, 4.69) is 17.3 Å². The van der Waals surface area contributed by atoms with Crippen molar-refractivity contribution in [1.82, 2.24) is 5.01 Å². The zero-order valence-electron chi connectivity index (χ0n) is 16.8. The SMILES string of the molecule is COC(=O)c1ccc(-c2ccc(/C=N/N3C(=O)[C@@H]4[C@@H]5C=C[C@H]([C@H]6C[C@H]56)[C@@H]4C3=O)o2)cc1. The molecule has 1 saturated heterocycles. The highest BCUT2D eigenvalue weighted by atomic mass is 16.5. The van der Waals surface area contributed by atoms with Gasteiger partial charge in [-0.05, 0) is 54.4 Å². The van der Waals surface area contributed by atoms with E-state index >= 15 is 0 Å². The number of benzene rings is 1. The van der Waals surface area contributed by atoms with Crippen LogP contribution in [0.3, 0.4) is 0 Å². The summed E-state index contributed by atoms with van der Waals surface area (Å²) < 4.78 is 10.5. The Bertz CT molecular complexity index is 1120. The maximum Gasteiger partial charge on any atom is 0.337 e. The van der Waals surface area contributed by atoms with E-state index in [0.717, 1.165) is 17.0 Å². The lowest BCUT2D eigenvalue weighted by Crippen LogP contribution is -2.40. The standard InChI is InChI=1S/C24H20N2O5/c1-30-24(29)13-4-2-12(3-5-13)19-9-6-14(31-19)11-25-26-22(27)20-15-7-8-16(18-10-17(15)18)21(20)23(26)28/h2-9,11,15-18,20-21H,10H2,1H3/b25-11+/t15-,16-,17-,18-,20-,21+/m1/s1. The molecule has 7 heteroatoms. The molecule has 2 aromatic rings. The van der Waals surface area contributed by atoms with Gasteiger partial charge in [-0.25, -0.2) is 4.79 Å². The van der Waals surface area contributed by atoms with Crippen molar-refractivity contribution in [2.75, 3.05) is 7.11 Å². The second-order valence-electron chi connectivity index (χ2n) is 8.66. The van der Waals surface area contributed by atoms with Gasteiger partial charge in [0.1, 0.15) is 11.5 Å². The molecule has 0 spiro atoms. The second kappa shape index (κ2) is 6.51. The van der Waals surface area contributed by atoms with E-state index in [1.807, 2.05) is 0 Å². The largest absolute Gasteiger partial charge is 0.465 e. The number of hydrazone groups is 1. The van der Waals surface area contributed by atoms with Crippen LogP contribution >= 0.6 is 0 Å². The maximum absolute atomic E-state index is 13.0. The van der Waals surface area contributed by atoms with Crippen molar-refractivity contribution < 1.29 is 23.5 Å². The monoisotopic (exact) mass is 416 g/mol. The highest BCUT2D eigenvalue weighted by molar-refractivity contribution is 6.06. The molecule has 7 nitrogen and oxygen atoms in total. The molecule has 0 N–H and O–H groups in total. The van der Waals surface area contributed by atoms with Crippen molar-refractivity contribution in [3.8, 4) is 11.3 Å². The number of rotatable bonds is 4. The Labute approximate surface area is 178 Å². The number of nitrogens with zero attached hydrogens (tertiary/aromatic N) is 2. The summed E-state index contributed by atoms with van der Waals surface area (Å²) in [5, 5.41) is 5.24. The van der Waals surface area contributed by atoms with Crippen molar-refractivity contribution in [3.05, 3.63) is 59.9 Å². The molecule has 2 heterocycles. The molecular formula is C24H20N2O5. The number of furan rings is 1. The van der Waals surface area contributed by atoms with Crippen LogP contribution in [-0.4, -0.2) is 36.1 Å². The minimum Gasteiger partial charge on any atom is -0.465 e. The first kappa shape index (κ1) is 18.3. The van der Waals surface area contributed by atoms with Gasteiger partial charge in [0.05, 0.1) is 30.7 Å². The van der Waals surface area contributed by atoms with Gasteiger partial charge in [0.2, 0.25) is 0 Å². The number of esters is 1. The van der Waals surface area contributed by atoms with Crippen LogP contribution < -0.4 is 0 Å². The highest BCUT2D eigenvalue weighted by Gasteiger charge is 2.67. The predicted octanol–water partition coefficient (Wildman–Crippen LogP) is 3.12. The minimum absolute atomic E-state index is 0.180. The van der Waals surface area contributed by atoms with Gasteiger partial charge in [0, 0.05) is 5.56 Å². The van der Waals surface area contributed by atoms with Crippen molar-refractivity contribution in [2.24, 2.45) is 40.6 Å². The van der Waals surface area contributed by atoms with Crippen molar-refractivity contribution >= 4 is 24.0 Å². The minimum atomic E-state index is -0.403. The Morgan fingerprint density at radius 3 is 2.29 bits per heavy atom. The molecule has 2 bridgehead atoms. The molecule has 0 unspecified atom stereocenters. The number of amides is 2. The lowest BCUT2D eigenvalue weighted by Gasteiger charge is -2.37. The van der Waals surface area contributed by atoms with Gasteiger partial charge in [-0.15, -0.1) is 0 Å². The lowest BCUT2D eigenvalue weighted by atomic mass is 9.63. The Hall–Kier alpha value is -3.48. The Morgan fingerprint density at radius 1 is 1.03 bits per heavy atom. The number of methoxy groups -OCH3 is 1. The normalized spacial score (nSPS) is 32.5. The molecule has 4 aliphatic carbocycles. The number of hydrogen-bond acceptors (Lipinski definition) is 6. The summed E-state index contributed by atoms with van der Waals surface area (Å²) in [6.07, 6.45) is 6.83. The Balaban J connectivity index is 1.20. The van der Waals surface area contributed by atoms with E-state index in [9.17, 15) is 14.4 Å². The molecule has 6 atom stereocenters. The van der Waals surface area contributed by atoms with Crippen LogP contribution in [0.5, 0.6) is 0 Å². The van der Waals surface area contributed by atoms with Crippen LogP contribution in [0.15, 0.2) is 58.1 Å². The fourth-order valence-corrected chi connectivity index (χ4v) is 5.64. The molecule has 1 aliphatic heterocycles.